The summed E-state index contributed by atoms with van der Waals surface area (Å²) in [5, 5.41) is 16.9. The normalized spacial score (nSPS) is 10.9. The highest BCUT2D eigenvalue weighted by atomic mass is 35.5. The number of hydrogen-bond donors (Lipinski definition) is 2. The first-order chi connectivity index (χ1) is 15.2. The Bertz CT molecular complexity index is 1260. The molecular weight excluding hydrogens is 497 g/mol. The summed E-state index contributed by atoms with van der Waals surface area (Å²) in [5.41, 5.74) is 1.38. The van der Waals surface area contributed by atoms with Crippen LogP contribution in [-0.2, 0) is 4.79 Å². The number of aryl methyl sites for hydroxylation is 1. The minimum Gasteiger partial charge on any atom is -0.457 e. The zero-order valence-corrected chi connectivity index (χ0v) is 19.4. The quantitative estimate of drug-likeness (QED) is 0.173. The van der Waals surface area contributed by atoms with E-state index in [1.165, 1.54) is 24.3 Å². The Morgan fingerprint density at radius 1 is 1.16 bits per heavy atom. The molecular formula is C21H14Cl3N3O4S. The van der Waals surface area contributed by atoms with Gasteiger partial charge in [-0.15, -0.1) is 0 Å². The number of anilines is 1. The number of hydrogen-bond acceptors (Lipinski definition) is 5. The summed E-state index contributed by atoms with van der Waals surface area (Å²) in [6.07, 6.45) is 2.71. The smallest absolute Gasteiger partial charge is 0.288 e. The molecule has 0 bridgehead atoms. The Labute approximate surface area is 203 Å². The fourth-order valence-electron chi connectivity index (χ4n) is 2.69. The van der Waals surface area contributed by atoms with Gasteiger partial charge in [-0.05, 0) is 61.1 Å². The lowest BCUT2D eigenvalue weighted by molar-refractivity contribution is -0.384. The molecule has 3 aromatic rings. The van der Waals surface area contributed by atoms with Gasteiger partial charge in [-0.2, -0.15) is 0 Å². The number of rotatable bonds is 5. The van der Waals surface area contributed by atoms with Crippen molar-refractivity contribution in [2.45, 2.75) is 6.92 Å². The van der Waals surface area contributed by atoms with Crippen molar-refractivity contribution in [2.24, 2.45) is 0 Å². The standard InChI is InChI=1S/C21H14Cl3N3O4S/c1-11-9-17(27(29)30)15(23)10-16(11)25-21(32)26-19(28)8-6-12-5-7-18(31-12)13-3-2-4-14(22)20(13)24/h2-10H,1H3,(H2,25,26,28,32). The molecule has 164 valence electrons. The van der Waals surface area contributed by atoms with E-state index in [0.717, 1.165) is 0 Å². The van der Waals surface area contributed by atoms with E-state index >= 15 is 0 Å². The van der Waals surface area contributed by atoms with Crippen molar-refractivity contribution in [3.63, 3.8) is 0 Å². The van der Waals surface area contributed by atoms with Crippen LogP contribution in [0.15, 0.2) is 53.0 Å². The second-order valence-corrected chi connectivity index (χ2v) is 8.06. The molecule has 0 saturated heterocycles. The summed E-state index contributed by atoms with van der Waals surface area (Å²) in [4.78, 5) is 22.5. The first-order valence-electron chi connectivity index (χ1n) is 8.94. The van der Waals surface area contributed by atoms with Gasteiger partial charge in [-0.25, -0.2) is 0 Å². The summed E-state index contributed by atoms with van der Waals surface area (Å²) < 4.78 is 5.69. The number of nitro groups is 1. The summed E-state index contributed by atoms with van der Waals surface area (Å²) >= 11 is 23.3. The maximum atomic E-state index is 12.2. The van der Waals surface area contributed by atoms with E-state index in [1.807, 2.05) is 0 Å². The molecule has 0 aliphatic rings. The molecule has 11 heteroatoms. The lowest BCUT2D eigenvalue weighted by Crippen LogP contribution is -2.33. The van der Waals surface area contributed by atoms with Gasteiger partial charge in [0.1, 0.15) is 16.5 Å². The Morgan fingerprint density at radius 3 is 2.62 bits per heavy atom. The van der Waals surface area contributed by atoms with E-state index in [0.29, 0.717) is 38.4 Å². The molecule has 0 radical (unpaired) electrons. The molecule has 32 heavy (non-hydrogen) atoms. The van der Waals surface area contributed by atoms with E-state index in [4.69, 9.17) is 51.4 Å². The highest BCUT2D eigenvalue weighted by Crippen LogP contribution is 2.34. The van der Waals surface area contributed by atoms with Crippen molar-refractivity contribution in [1.29, 1.82) is 0 Å². The average molecular weight is 511 g/mol. The van der Waals surface area contributed by atoms with Crippen LogP contribution in [0.5, 0.6) is 0 Å². The fourth-order valence-corrected chi connectivity index (χ4v) is 3.52. The SMILES string of the molecule is Cc1cc([N+](=O)[O-])c(Cl)cc1NC(=S)NC(=O)C=Cc1ccc(-c2cccc(Cl)c2Cl)o1. The van der Waals surface area contributed by atoms with E-state index in [2.05, 4.69) is 10.6 Å². The number of carbonyl (C=O) groups is 1. The number of nitrogens with one attached hydrogen (secondary N) is 2. The number of benzene rings is 2. The minimum atomic E-state index is -0.579. The van der Waals surface area contributed by atoms with Gasteiger partial charge in [0, 0.05) is 23.4 Å². The van der Waals surface area contributed by atoms with Crippen molar-refractivity contribution in [2.75, 3.05) is 5.32 Å². The van der Waals surface area contributed by atoms with Gasteiger partial charge >= 0.3 is 0 Å². The van der Waals surface area contributed by atoms with Crippen molar-refractivity contribution >= 4 is 75.5 Å². The van der Waals surface area contributed by atoms with Crippen molar-refractivity contribution < 1.29 is 14.1 Å². The first-order valence-corrected chi connectivity index (χ1v) is 10.5. The van der Waals surface area contributed by atoms with Gasteiger partial charge in [-0.3, -0.25) is 20.2 Å². The molecule has 0 unspecified atom stereocenters. The molecule has 0 atom stereocenters. The second-order valence-electron chi connectivity index (χ2n) is 6.46. The summed E-state index contributed by atoms with van der Waals surface area (Å²) in [7, 11) is 0. The van der Waals surface area contributed by atoms with Gasteiger partial charge < -0.3 is 9.73 Å². The number of halogens is 3. The maximum Gasteiger partial charge on any atom is 0.288 e. The Morgan fingerprint density at radius 2 is 1.91 bits per heavy atom. The molecule has 1 aromatic heterocycles. The van der Waals surface area contributed by atoms with Crippen LogP contribution in [0.25, 0.3) is 17.4 Å². The van der Waals surface area contributed by atoms with E-state index in [-0.39, 0.29) is 15.8 Å². The third-order valence-corrected chi connectivity index (χ3v) is 5.54. The number of carbonyl (C=O) groups excluding carboxylic acids is 1. The predicted octanol–water partition coefficient (Wildman–Crippen LogP) is 6.65. The number of amides is 1. The maximum absolute atomic E-state index is 12.2. The molecule has 7 nitrogen and oxygen atoms in total. The molecule has 0 fully saturated rings. The van der Waals surface area contributed by atoms with Gasteiger partial charge in [0.2, 0.25) is 5.91 Å². The lowest BCUT2D eigenvalue weighted by atomic mass is 10.2. The molecule has 0 aliphatic carbocycles. The fraction of sp³-hybridized carbons (Fsp3) is 0.0476. The molecule has 2 aromatic carbocycles. The predicted molar refractivity (Wildman–Crippen MR) is 130 cm³/mol. The topological polar surface area (TPSA) is 97.4 Å². The largest absolute Gasteiger partial charge is 0.457 e. The minimum absolute atomic E-state index is 0.00138. The van der Waals surface area contributed by atoms with Gasteiger partial charge in [0.25, 0.3) is 5.69 Å². The van der Waals surface area contributed by atoms with Crippen LogP contribution in [-0.4, -0.2) is 15.9 Å². The molecule has 0 spiro atoms. The highest BCUT2D eigenvalue weighted by molar-refractivity contribution is 7.80. The van der Waals surface area contributed by atoms with Crippen molar-refractivity contribution in [3.05, 3.63) is 85.0 Å². The molecule has 0 aliphatic heterocycles. The Balaban J connectivity index is 1.63. The van der Waals surface area contributed by atoms with Crippen LogP contribution in [0.1, 0.15) is 11.3 Å². The van der Waals surface area contributed by atoms with Crippen LogP contribution in [0.2, 0.25) is 15.1 Å². The summed E-state index contributed by atoms with van der Waals surface area (Å²) in [6.45, 7) is 1.65. The van der Waals surface area contributed by atoms with Crippen molar-refractivity contribution in [3.8, 4) is 11.3 Å². The Hall–Kier alpha value is -2.91. The van der Waals surface area contributed by atoms with E-state index in [9.17, 15) is 14.9 Å². The molecule has 0 saturated carbocycles. The second kappa shape index (κ2) is 10.1. The van der Waals surface area contributed by atoms with Gasteiger partial charge in [0.05, 0.1) is 15.0 Å². The van der Waals surface area contributed by atoms with Crippen LogP contribution < -0.4 is 10.6 Å². The number of nitro benzene ring substituents is 1. The number of furan rings is 1. The van der Waals surface area contributed by atoms with E-state index < -0.39 is 10.8 Å². The van der Waals surface area contributed by atoms with Crippen LogP contribution in [0.4, 0.5) is 11.4 Å². The zero-order valence-electron chi connectivity index (χ0n) is 16.3. The number of nitrogens with zero attached hydrogens (tertiary/aromatic N) is 1. The zero-order chi connectivity index (χ0) is 23.4. The van der Waals surface area contributed by atoms with Crippen LogP contribution in [0.3, 0.4) is 0 Å². The molecule has 1 heterocycles. The highest BCUT2D eigenvalue weighted by Gasteiger charge is 2.16. The lowest BCUT2D eigenvalue weighted by Gasteiger charge is -2.11. The molecule has 2 N–H and O–H groups in total. The molecule has 1 amide bonds. The first kappa shape index (κ1) is 23.7. The van der Waals surface area contributed by atoms with Gasteiger partial charge in [0.15, 0.2) is 5.11 Å². The monoisotopic (exact) mass is 509 g/mol. The third-order valence-electron chi connectivity index (χ3n) is 4.22. The van der Waals surface area contributed by atoms with Gasteiger partial charge in [-0.1, -0.05) is 40.9 Å². The Kier molecular flexibility index (Phi) is 7.52. The average Bonchev–Trinajstić information content (AvgIpc) is 3.19. The van der Waals surface area contributed by atoms with E-state index in [1.54, 1.807) is 37.3 Å². The third kappa shape index (κ3) is 5.66. The van der Waals surface area contributed by atoms with Crippen molar-refractivity contribution in [1.82, 2.24) is 5.32 Å². The van der Waals surface area contributed by atoms with Crippen LogP contribution >= 0.6 is 47.0 Å². The number of thiocarbonyl (C=S) groups is 1. The van der Waals surface area contributed by atoms with Crippen LogP contribution in [0, 0.1) is 17.0 Å². The summed E-state index contributed by atoms with van der Waals surface area (Å²) in [6, 6.07) is 11.3. The molecule has 3 rings (SSSR count). The summed E-state index contributed by atoms with van der Waals surface area (Å²) in [5.74, 6) is 0.412.